The van der Waals surface area contributed by atoms with Crippen molar-refractivity contribution in [1.29, 1.82) is 5.26 Å². The van der Waals surface area contributed by atoms with E-state index in [-0.39, 0.29) is 0 Å². The number of methoxy groups -OCH3 is 1. The zero-order valence-electron chi connectivity index (χ0n) is 11.3. The number of benzene rings is 2. The first kappa shape index (κ1) is 13.4. The van der Waals surface area contributed by atoms with Gasteiger partial charge in [-0.05, 0) is 29.7 Å². The molecule has 0 radical (unpaired) electrons. The lowest BCUT2D eigenvalue weighted by Gasteiger charge is -2.10. The molecule has 0 amide bonds. The molecular formula is C17H11ClN2O. The lowest BCUT2D eigenvalue weighted by Crippen LogP contribution is -1.90. The molecule has 0 N–H and O–H groups in total. The molecule has 3 nitrogen and oxygen atoms in total. The second-order valence-electron chi connectivity index (χ2n) is 4.53. The summed E-state index contributed by atoms with van der Waals surface area (Å²) in [4.78, 5) is 4.23. The van der Waals surface area contributed by atoms with Crippen molar-refractivity contribution in [3.63, 3.8) is 0 Å². The zero-order valence-corrected chi connectivity index (χ0v) is 12.1. The molecule has 2 aromatic carbocycles. The number of ether oxygens (including phenoxy) is 1. The summed E-state index contributed by atoms with van der Waals surface area (Å²) in [5, 5.41) is 11.4. The van der Waals surface area contributed by atoms with E-state index in [0.29, 0.717) is 10.7 Å². The van der Waals surface area contributed by atoms with Gasteiger partial charge in [-0.25, -0.2) is 4.98 Å². The average Bonchev–Trinajstić information content (AvgIpc) is 2.55. The van der Waals surface area contributed by atoms with E-state index in [0.717, 1.165) is 27.6 Å². The molecule has 0 saturated carbocycles. The third-order valence-corrected chi connectivity index (χ3v) is 3.69. The zero-order chi connectivity index (χ0) is 14.8. The number of nitriles is 1. The molecule has 0 spiro atoms. The van der Waals surface area contributed by atoms with Crippen molar-refractivity contribution in [2.75, 3.05) is 7.11 Å². The third kappa shape index (κ3) is 2.31. The number of halogens is 1. The lowest BCUT2D eigenvalue weighted by molar-refractivity contribution is 0.415. The second kappa shape index (κ2) is 5.43. The Kier molecular flexibility index (Phi) is 3.47. The molecule has 1 aromatic heterocycles. The highest BCUT2D eigenvalue weighted by molar-refractivity contribution is 6.34. The maximum atomic E-state index is 9.27. The smallest absolute Gasteiger partial charge is 0.137 e. The normalized spacial score (nSPS) is 10.3. The quantitative estimate of drug-likeness (QED) is 0.657. The maximum absolute atomic E-state index is 9.27. The highest BCUT2D eigenvalue weighted by Crippen LogP contribution is 2.34. The summed E-state index contributed by atoms with van der Waals surface area (Å²) >= 11 is 6.19. The highest BCUT2D eigenvalue weighted by Gasteiger charge is 2.11. The van der Waals surface area contributed by atoms with Crippen LogP contribution in [0.4, 0.5) is 0 Å². The molecule has 4 heteroatoms. The van der Waals surface area contributed by atoms with E-state index in [1.807, 2.05) is 36.4 Å². The first-order chi connectivity index (χ1) is 10.2. The third-order valence-electron chi connectivity index (χ3n) is 3.38. The molecule has 0 fully saturated rings. The van der Waals surface area contributed by atoms with Crippen LogP contribution in [-0.4, -0.2) is 12.1 Å². The first-order valence-electron chi connectivity index (χ1n) is 6.36. The van der Waals surface area contributed by atoms with E-state index >= 15 is 0 Å². The molecule has 0 unspecified atom stereocenters. The van der Waals surface area contributed by atoms with E-state index < -0.39 is 0 Å². The molecule has 0 atom stereocenters. The Hall–Kier alpha value is -2.57. The number of pyridine rings is 1. The van der Waals surface area contributed by atoms with Crippen molar-refractivity contribution >= 4 is 22.4 Å². The summed E-state index contributed by atoms with van der Waals surface area (Å²) in [6.07, 6.45) is 1.70. The summed E-state index contributed by atoms with van der Waals surface area (Å²) in [5.74, 6) is 0.719. The van der Waals surface area contributed by atoms with Gasteiger partial charge in [-0.15, -0.1) is 0 Å². The number of aromatic nitrogens is 1. The van der Waals surface area contributed by atoms with Gasteiger partial charge in [0.05, 0.1) is 18.7 Å². The molecule has 0 aliphatic rings. The standard InChI is InChI=1S/C17H11ClN2O/c1-21-12-6-7-14-15(8-12)17(18)20-10-16(14)13-5-3-2-4-11(13)9-19/h2-8,10H,1H3. The van der Waals surface area contributed by atoms with Gasteiger partial charge in [0.1, 0.15) is 10.9 Å². The number of rotatable bonds is 2. The van der Waals surface area contributed by atoms with Gasteiger partial charge in [0.25, 0.3) is 0 Å². The van der Waals surface area contributed by atoms with Gasteiger partial charge in [-0.1, -0.05) is 29.8 Å². The van der Waals surface area contributed by atoms with Crippen molar-refractivity contribution in [2.45, 2.75) is 0 Å². The molecule has 3 aromatic rings. The fourth-order valence-corrected chi connectivity index (χ4v) is 2.55. The minimum Gasteiger partial charge on any atom is -0.497 e. The topological polar surface area (TPSA) is 45.9 Å². The van der Waals surface area contributed by atoms with Crippen molar-refractivity contribution in [3.05, 3.63) is 59.4 Å². The van der Waals surface area contributed by atoms with E-state index in [9.17, 15) is 5.26 Å². The summed E-state index contributed by atoms with van der Waals surface area (Å²) in [5.41, 5.74) is 2.34. The van der Waals surface area contributed by atoms with Gasteiger partial charge in [-0.2, -0.15) is 5.26 Å². The fraction of sp³-hybridized carbons (Fsp3) is 0.0588. The van der Waals surface area contributed by atoms with Gasteiger partial charge in [-0.3, -0.25) is 0 Å². The highest BCUT2D eigenvalue weighted by atomic mass is 35.5. The summed E-state index contributed by atoms with van der Waals surface area (Å²) in [6.45, 7) is 0. The lowest BCUT2D eigenvalue weighted by atomic mass is 9.97. The van der Waals surface area contributed by atoms with Crippen LogP contribution in [0.3, 0.4) is 0 Å². The van der Waals surface area contributed by atoms with Crippen LogP contribution < -0.4 is 4.74 Å². The minimum absolute atomic E-state index is 0.419. The van der Waals surface area contributed by atoms with Crippen LogP contribution in [0.1, 0.15) is 5.56 Å². The van der Waals surface area contributed by atoms with Crippen molar-refractivity contribution < 1.29 is 4.74 Å². The Morgan fingerprint density at radius 1 is 1.10 bits per heavy atom. The monoisotopic (exact) mass is 294 g/mol. The number of hydrogen-bond acceptors (Lipinski definition) is 3. The molecule has 0 bridgehead atoms. The van der Waals surface area contributed by atoms with Crippen LogP contribution in [0.5, 0.6) is 5.75 Å². The Labute approximate surface area is 127 Å². The molecule has 102 valence electrons. The Morgan fingerprint density at radius 3 is 2.67 bits per heavy atom. The predicted molar refractivity (Wildman–Crippen MR) is 83.5 cm³/mol. The van der Waals surface area contributed by atoms with Crippen LogP contribution in [0, 0.1) is 11.3 Å². The molecule has 0 saturated heterocycles. The van der Waals surface area contributed by atoms with Crippen molar-refractivity contribution in [2.24, 2.45) is 0 Å². The second-order valence-corrected chi connectivity index (χ2v) is 4.89. The molecule has 21 heavy (non-hydrogen) atoms. The molecule has 1 heterocycles. The SMILES string of the molecule is COc1ccc2c(-c3ccccc3C#N)cnc(Cl)c2c1. The molecular weight excluding hydrogens is 284 g/mol. The summed E-state index contributed by atoms with van der Waals surface area (Å²) in [7, 11) is 1.61. The largest absolute Gasteiger partial charge is 0.497 e. The van der Waals surface area contributed by atoms with Crippen LogP contribution in [0.2, 0.25) is 5.15 Å². The van der Waals surface area contributed by atoms with Gasteiger partial charge in [0.15, 0.2) is 0 Å². The van der Waals surface area contributed by atoms with Crippen molar-refractivity contribution in [3.8, 4) is 22.9 Å². The predicted octanol–water partition coefficient (Wildman–Crippen LogP) is 4.44. The minimum atomic E-state index is 0.419. The van der Waals surface area contributed by atoms with Gasteiger partial charge in [0.2, 0.25) is 0 Å². The Balaban J connectivity index is 2.34. The Morgan fingerprint density at radius 2 is 1.90 bits per heavy atom. The number of fused-ring (bicyclic) bond motifs is 1. The number of hydrogen-bond donors (Lipinski definition) is 0. The maximum Gasteiger partial charge on any atom is 0.137 e. The van der Waals surface area contributed by atoms with E-state index in [2.05, 4.69) is 11.1 Å². The average molecular weight is 295 g/mol. The molecule has 0 aliphatic heterocycles. The first-order valence-corrected chi connectivity index (χ1v) is 6.74. The van der Waals surface area contributed by atoms with Crippen LogP contribution in [0.15, 0.2) is 48.7 Å². The molecule has 0 aliphatic carbocycles. The fourth-order valence-electron chi connectivity index (χ4n) is 2.35. The Bertz CT molecular complexity index is 868. The van der Waals surface area contributed by atoms with E-state index in [4.69, 9.17) is 16.3 Å². The van der Waals surface area contributed by atoms with Gasteiger partial charge >= 0.3 is 0 Å². The van der Waals surface area contributed by atoms with Crippen LogP contribution in [-0.2, 0) is 0 Å². The van der Waals surface area contributed by atoms with Crippen LogP contribution >= 0.6 is 11.6 Å². The summed E-state index contributed by atoms with van der Waals surface area (Å²) in [6, 6.07) is 15.3. The van der Waals surface area contributed by atoms with Crippen LogP contribution in [0.25, 0.3) is 21.9 Å². The number of nitrogens with zero attached hydrogens (tertiary/aromatic N) is 2. The summed E-state index contributed by atoms with van der Waals surface area (Å²) < 4.78 is 5.23. The van der Waals surface area contributed by atoms with Gasteiger partial charge < -0.3 is 4.74 Å². The van der Waals surface area contributed by atoms with E-state index in [1.165, 1.54) is 0 Å². The molecule has 3 rings (SSSR count). The van der Waals surface area contributed by atoms with Crippen molar-refractivity contribution in [1.82, 2.24) is 4.98 Å². The van der Waals surface area contributed by atoms with Gasteiger partial charge in [0, 0.05) is 22.7 Å². The van der Waals surface area contributed by atoms with E-state index in [1.54, 1.807) is 19.4 Å².